The van der Waals surface area contributed by atoms with E-state index in [1.54, 1.807) is 30.3 Å². The van der Waals surface area contributed by atoms with Crippen molar-refractivity contribution in [3.63, 3.8) is 0 Å². The molecule has 0 saturated carbocycles. The monoisotopic (exact) mass is 337 g/mol. The van der Waals surface area contributed by atoms with Gasteiger partial charge in [-0.05, 0) is 17.7 Å². The summed E-state index contributed by atoms with van der Waals surface area (Å²) in [5, 5.41) is 0. The Morgan fingerprint density at radius 2 is 1.76 bits per heavy atom. The van der Waals surface area contributed by atoms with Crippen LogP contribution in [0.2, 0.25) is 0 Å². The van der Waals surface area contributed by atoms with Crippen LogP contribution >= 0.6 is 0 Å². The lowest BCUT2D eigenvalue weighted by atomic mass is 10.2. The van der Waals surface area contributed by atoms with Crippen molar-refractivity contribution in [3.05, 3.63) is 76.2 Å². The first kappa shape index (κ1) is 17.2. The highest BCUT2D eigenvalue weighted by molar-refractivity contribution is 5.93. The van der Waals surface area contributed by atoms with Crippen molar-refractivity contribution >= 4 is 12.0 Å². The van der Waals surface area contributed by atoms with E-state index < -0.39 is 0 Å². The van der Waals surface area contributed by atoms with E-state index in [0.29, 0.717) is 13.1 Å². The molecule has 2 heterocycles. The number of carbonyl (C=O) groups is 1. The molecule has 1 aromatic heterocycles. The van der Waals surface area contributed by atoms with Crippen LogP contribution in [0.3, 0.4) is 0 Å². The number of aryl methyl sites for hydroxylation is 1. The maximum atomic E-state index is 12.6. The number of aromatic nitrogens is 1. The van der Waals surface area contributed by atoms with E-state index >= 15 is 0 Å². The molecule has 1 aliphatic rings. The molecule has 0 radical (unpaired) electrons. The fraction of sp³-hybridized carbons (Fsp3) is 0.300. The Morgan fingerprint density at radius 3 is 2.48 bits per heavy atom. The van der Waals surface area contributed by atoms with Crippen LogP contribution in [0.1, 0.15) is 15.9 Å². The van der Waals surface area contributed by atoms with E-state index in [9.17, 15) is 9.59 Å². The second-order valence-electron chi connectivity index (χ2n) is 6.24. The maximum absolute atomic E-state index is 12.6. The Bertz CT molecular complexity index is 803. The first-order chi connectivity index (χ1) is 12.1. The van der Waals surface area contributed by atoms with Crippen molar-refractivity contribution in [3.8, 4) is 0 Å². The van der Waals surface area contributed by atoms with Crippen molar-refractivity contribution in [1.29, 1.82) is 0 Å². The van der Waals surface area contributed by atoms with Gasteiger partial charge in [-0.2, -0.15) is 0 Å². The molecule has 0 atom stereocenters. The highest BCUT2D eigenvalue weighted by atomic mass is 16.2. The van der Waals surface area contributed by atoms with Gasteiger partial charge in [0.2, 0.25) is 0 Å². The molecule has 5 nitrogen and oxygen atoms in total. The van der Waals surface area contributed by atoms with Crippen LogP contribution in [-0.2, 0) is 7.05 Å². The van der Waals surface area contributed by atoms with Gasteiger partial charge in [-0.25, -0.2) is 0 Å². The van der Waals surface area contributed by atoms with Crippen LogP contribution < -0.4 is 5.56 Å². The van der Waals surface area contributed by atoms with Crippen molar-refractivity contribution in [2.75, 3.05) is 32.7 Å². The minimum absolute atomic E-state index is 0.166. The summed E-state index contributed by atoms with van der Waals surface area (Å²) in [6.45, 7) is 3.80. The fourth-order valence-corrected chi connectivity index (χ4v) is 2.97. The summed E-state index contributed by atoms with van der Waals surface area (Å²) >= 11 is 0. The molecule has 25 heavy (non-hydrogen) atoms. The number of piperazine rings is 1. The lowest BCUT2D eigenvalue weighted by Gasteiger charge is -2.34. The summed E-state index contributed by atoms with van der Waals surface area (Å²) in [6, 6.07) is 13.6. The molecule has 1 saturated heterocycles. The molecule has 0 N–H and O–H groups in total. The van der Waals surface area contributed by atoms with E-state index in [2.05, 4.69) is 29.2 Å². The van der Waals surface area contributed by atoms with E-state index in [1.165, 1.54) is 10.1 Å². The summed E-state index contributed by atoms with van der Waals surface area (Å²) in [5.74, 6) is -0.166. The molecule has 0 bridgehead atoms. The van der Waals surface area contributed by atoms with Crippen LogP contribution in [0.25, 0.3) is 6.08 Å². The Kier molecular flexibility index (Phi) is 5.46. The zero-order chi connectivity index (χ0) is 17.6. The molecule has 130 valence electrons. The van der Waals surface area contributed by atoms with Gasteiger partial charge in [-0.1, -0.05) is 42.5 Å². The highest BCUT2D eigenvalue weighted by Crippen LogP contribution is 2.07. The lowest BCUT2D eigenvalue weighted by Crippen LogP contribution is -2.49. The largest absolute Gasteiger partial charge is 0.336 e. The Hall–Kier alpha value is -2.66. The van der Waals surface area contributed by atoms with E-state index in [4.69, 9.17) is 0 Å². The van der Waals surface area contributed by atoms with Crippen LogP contribution in [0.15, 0.2) is 59.5 Å². The van der Waals surface area contributed by atoms with Gasteiger partial charge in [-0.15, -0.1) is 0 Å². The first-order valence-corrected chi connectivity index (χ1v) is 8.54. The number of nitrogens with zero attached hydrogens (tertiary/aromatic N) is 3. The molecule has 1 aliphatic heterocycles. The third-order valence-corrected chi connectivity index (χ3v) is 4.49. The average Bonchev–Trinajstić information content (AvgIpc) is 2.65. The molecule has 0 unspecified atom stereocenters. The summed E-state index contributed by atoms with van der Waals surface area (Å²) in [4.78, 5) is 28.7. The predicted molar refractivity (Wildman–Crippen MR) is 99.5 cm³/mol. The van der Waals surface area contributed by atoms with Crippen molar-refractivity contribution in [1.82, 2.24) is 14.4 Å². The molecule has 2 aromatic rings. The number of benzene rings is 1. The Balaban J connectivity index is 1.53. The number of carbonyl (C=O) groups excluding carboxylic acids is 1. The fourth-order valence-electron chi connectivity index (χ4n) is 2.97. The smallest absolute Gasteiger partial charge is 0.263 e. The minimum atomic E-state index is -0.235. The average molecular weight is 337 g/mol. The van der Waals surface area contributed by atoms with Gasteiger partial charge >= 0.3 is 0 Å². The molecule has 0 aliphatic carbocycles. The molecule has 3 rings (SSSR count). The third kappa shape index (κ3) is 4.25. The number of hydrogen-bond donors (Lipinski definition) is 0. The van der Waals surface area contributed by atoms with Crippen molar-refractivity contribution in [2.24, 2.45) is 7.05 Å². The SMILES string of the molecule is Cn1cccc(C(=O)N2CCN(C/C=C/c3ccccc3)CC2)c1=O. The summed E-state index contributed by atoms with van der Waals surface area (Å²) in [7, 11) is 1.66. The number of rotatable bonds is 4. The van der Waals surface area contributed by atoms with Gasteiger partial charge in [-0.3, -0.25) is 14.5 Å². The number of hydrogen-bond acceptors (Lipinski definition) is 3. The summed E-state index contributed by atoms with van der Waals surface area (Å²) in [5.41, 5.74) is 1.21. The minimum Gasteiger partial charge on any atom is -0.336 e. The van der Waals surface area contributed by atoms with Crippen molar-refractivity contribution in [2.45, 2.75) is 0 Å². The predicted octanol–water partition coefficient (Wildman–Crippen LogP) is 1.86. The van der Waals surface area contributed by atoms with Crippen LogP contribution in [0.5, 0.6) is 0 Å². The van der Waals surface area contributed by atoms with Crippen LogP contribution in [-0.4, -0.2) is 53.0 Å². The van der Waals surface area contributed by atoms with E-state index in [1.807, 2.05) is 18.2 Å². The topological polar surface area (TPSA) is 45.6 Å². The van der Waals surface area contributed by atoms with Gasteiger partial charge in [0.15, 0.2) is 0 Å². The number of pyridine rings is 1. The second kappa shape index (κ2) is 7.94. The van der Waals surface area contributed by atoms with Gasteiger partial charge in [0.25, 0.3) is 11.5 Å². The molecular weight excluding hydrogens is 314 g/mol. The quantitative estimate of drug-likeness (QED) is 0.855. The Morgan fingerprint density at radius 1 is 1.04 bits per heavy atom. The Labute approximate surface area is 147 Å². The summed E-state index contributed by atoms with van der Waals surface area (Å²) in [6.07, 6.45) is 5.93. The van der Waals surface area contributed by atoms with Crippen LogP contribution in [0.4, 0.5) is 0 Å². The summed E-state index contributed by atoms with van der Waals surface area (Å²) < 4.78 is 1.44. The third-order valence-electron chi connectivity index (χ3n) is 4.49. The van der Waals surface area contributed by atoms with Gasteiger partial charge in [0.05, 0.1) is 0 Å². The van der Waals surface area contributed by atoms with Gasteiger partial charge in [0, 0.05) is 46.0 Å². The second-order valence-corrected chi connectivity index (χ2v) is 6.24. The van der Waals surface area contributed by atoms with Crippen LogP contribution in [0, 0.1) is 0 Å². The molecule has 1 fully saturated rings. The molecule has 1 amide bonds. The van der Waals surface area contributed by atoms with Gasteiger partial charge < -0.3 is 9.47 Å². The highest BCUT2D eigenvalue weighted by Gasteiger charge is 2.23. The van der Waals surface area contributed by atoms with Gasteiger partial charge in [0.1, 0.15) is 5.56 Å². The maximum Gasteiger partial charge on any atom is 0.263 e. The molecular formula is C20H23N3O2. The molecule has 5 heteroatoms. The molecule has 1 aromatic carbocycles. The lowest BCUT2D eigenvalue weighted by molar-refractivity contribution is 0.0648. The molecule has 0 spiro atoms. The van der Waals surface area contributed by atoms with E-state index in [0.717, 1.165) is 19.6 Å². The zero-order valence-corrected chi connectivity index (χ0v) is 14.5. The zero-order valence-electron chi connectivity index (χ0n) is 14.5. The van der Waals surface area contributed by atoms with E-state index in [-0.39, 0.29) is 17.0 Å². The standard InChI is InChI=1S/C20H23N3O2/c1-21-11-6-10-18(19(21)24)20(25)23-15-13-22(14-16-23)12-5-9-17-7-3-2-4-8-17/h2-11H,12-16H2,1H3/b9-5+. The normalized spacial score (nSPS) is 15.6. The van der Waals surface area contributed by atoms with Crippen molar-refractivity contribution < 1.29 is 4.79 Å². The number of amides is 1. The first-order valence-electron chi connectivity index (χ1n) is 8.54.